The first kappa shape index (κ1) is 14.8. The molecule has 5 heteroatoms. The van der Waals surface area contributed by atoms with Crippen molar-refractivity contribution in [2.24, 2.45) is 0 Å². The van der Waals surface area contributed by atoms with Gasteiger partial charge in [-0.15, -0.1) is 0 Å². The van der Waals surface area contributed by atoms with Gasteiger partial charge in [-0.2, -0.15) is 0 Å². The second-order valence-corrected chi connectivity index (χ2v) is 4.78. The monoisotopic (exact) mass is 287 g/mol. The van der Waals surface area contributed by atoms with Gasteiger partial charge in [0.05, 0.1) is 12.8 Å². The Balaban J connectivity index is 2.51. The molecule has 0 saturated carbocycles. The second-order valence-electron chi connectivity index (χ2n) is 4.78. The lowest BCUT2D eigenvalue weighted by atomic mass is 10.1. The summed E-state index contributed by atoms with van der Waals surface area (Å²) in [6.07, 6.45) is 0. The van der Waals surface area contributed by atoms with Gasteiger partial charge in [-0.1, -0.05) is 6.07 Å². The number of aromatic carboxylic acids is 1. The van der Waals surface area contributed by atoms with E-state index in [4.69, 9.17) is 9.47 Å². The fourth-order valence-electron chi connectivity index (χ4n) is 2.11. The highest BCUT2D eigenvalue weighted by Crippen LogP contribution is 2.34. The van der Waals surface area contributed by atoms with Crippen LogP contribution in [0.5, 0.6) is 17.2 Å². The number of ether oxygens (including phenoxy) is 2. The lowest BCUT2D eigenvalue weighted by molar-refractivity contribution is 0.0692. The molecule has 0 aliphatic carbocycles. The molecule has 1 aromatic carbocycles. The number of aryl methyl sites for hydroxylation is 3. The summed E-state index contributed by atoms with van der Waals surface area (Å²) in [5, 5.41) is 9.33. The molecule has 0 amide bonds. The van der Waals surface area contributed by atoms with Crippen molar-refractivity contribution in [1.82, 2.24) is 4.98 Å². The van der Waals surface area contributed by atoms with E-state index in [-0.39, 0.29) is 11.3 Å². The molecule has 21 heavy (non-hydrogen) atoms. The Bertz CT molecular complexity index is 695. The number of nitrogens with zero attached hydrogens (tertiary/aromatic N) is 1. The maximum absolute atomic E-state index is 11.4. The summed E-state index contributed by atoms with van der Waals surface area (Å²) in [5.74, 6) is 0.213. The molecular weight excluding hydrogens is 270 g/mol. The zero-order valence-electron chi connectivity index (χ0n) is 12.4. The minimum absolute atomic E-state index is 0.0585. The van der Waals surface area contributed by atoms with E-state index in [1.165, 1.54) is 0 Å². The van der Waals surface area contributed by atoms with Crippen molar-refractivity contribution in [2.75, 3.05) is 7.11 Å². The SMILES string of the molecule is COc1cc(C)ccc1Oc1cc(C)nc(C)c1C(=O)O. The molecule has 1 N–H and O–H groups in total. The number of carboxylic acid groups (broad SMARTS) is 1. The maximum Gasteiger partial charge on any atom is 0.341 e. The maximum atomic E-state index is 11.4. The quantitative estimate of drug-likeness (QED) is 0.932. The summed E-state index contributed by atoms with van der Waals surface area (Å²) in [6.45, 7) is 5.38. The number of aromatic nitrogens is 1. The highest BCUT2D eigenvalue weighted by molar-refractivity contribution is 5.92. The average Bonchev–Trinajstić information content (AvgIpc) is 2.39. The summed E-state index contributed by atoms with van der Waals surface area (Å²) in [7, 11) is 1.54. The van der Waals surface area contributed by atoms with Crippen LogP contribution >= 0.6 is 0 Å². The van der Waals surface area contributed by atoms with Gasteiger partial charge in [0.2, 0.25) is 0 Å². The second kappa shape index (κ2) is 5.83. The van der Waals surface area contributed by atoms with E-state index >= 15 is 0 Å². The lowest BCUT2D eigenvalue weighted by Crippen LogP contribution is -2.06. The van der Waals surface area contributed by atoms with E-state index in [9.17, 15) is 9.90 Å². The van der Waals surface area contributed by atoms with Crippen LogP contribution in [-0.4, -0.2) is 23.2 Å². The van der Waals surface area contributed by atoms with Crippen molar-refractivity contribution in [3.05, 3.63) is 46.8 Å². The molecule has 2 aromatic rings. The third kappa shape index (κ3) is 3.13. The van der Waals surface area contributed by atoms with E-state index in [0.29, 0.717) is 22.9 Å². The summed E-state index contributed by atoms with van der Waals surface area (Å²) >= 11 is 0. The highest BCUT2D eigenvalue weighted by Gasteiger charge is 2.18. The lowest BCUT2D eigenvalue weighted by Gasteiger charge is -2.14. The average molecular weight is 287 g/mol. The molecule has 0 unspecified atom stereocenters. The number of benzene rings is 1. The third-order valence-corrected chi connectivity index (χ3v) is 3.05. The first-order valence-corrected chi connectivity index (χ1v) is 6.46. The molecule has 0 bridgehead atoms. The summed E-state index contributed by atoms with van der Waals surface area (Å²) in [6, 6.07) is 7.07. The molecule has 1 aromatic heterocycles. The van der Waals surface area contributed by atoms with Crippen LogP contribution in [0.15, 0.2) is 24.3 Å². The molecule has 2 rings (SSSR count). The first-order chi connectivity index (χ1) is 9.92. The van der Waals surface area contributed by atoms with E-state index < -0.39 is 5.97 Å². The standard InChI is InChI=1S/C16H17NO4/c1-9-5-6-12(13(7-9)20-4)21-14-8-10(2)17-11(3)15(14)16(18)19/h5-8H,1-4H3,(H,18,19). The Hall–Kier alpha value is -2.56. The van der Waals surface area contributed by atoms with E-state index in [1.807, 2.05) is 19.1 Å². The summed E-state index contributed by atoms with van der Waals surface area (Å²) < 4.78 is 11.0. The molecule has 0 saturated heterocycles. The summed E-state index contributed by atoms with van der Waals surface area (Å²) in [4.78, 5) is 15.6. The Morgan fingerprint density at radius 1 is 1.10 bits per heavy atom. The fraction of sp³-hybridized carbons (Fsp3) is 0.250. The Kier molecular flexibility index (Phi) is 4.12. The van der Waals surface area contributed by atoms with Crippen molar-refractivity contribution >= 4 is 5.97 Å². The molecule has 5 nitrogen and oxygen atoms in total. The van der Waals surface area contributed by atoms with Crippen LogP contribution in [0.3, 0.4) is 0 Å². The van der Waals surface area contributed by atoms with Crippen molar-refractivity contribution < 1.29 is 19.4 Å². The van der Waals surface area contributed by atoms with Gasteiger partial charge < -0.3 is 14.6 Å². The smallest absolute Gasteiger partial charge is 0.341 e. The molecule has 0 aliphatic heterocycles. The number of methoxy groups -OCH3 is 1. The number of carboxylic acids is 1. The normalized spacial score (nSPS) is 10.3. The van der Waals surface area contributed by atoms with Crippen molar-refractivity contribution in [3.8, 4) is 17.2 Å². The van der Waals surface area contributed by atoms with Gasteiger partial charge >= 0.3 is 5.97 Å². The van der Waals surface area contributed by atoms with Gasteiger partial charge in [-0.05, 0) is 38.5 Å². The van der Waals surface area contributed by atoms with Gasteiger partial charge in [-0.3, -0.25) is 4.98 Å². The number of hydrogen-bond donors (Lipinski definition) is 1. The summed E-state index contributed by atoms with van der Waals surface area (Å²) in [5.41, 5.74) is 2.20. The van der Waals surface area contributed by atoms with Crippen LogP contribution in [0.1, 0.15) is 27.3 Å². The Morgan fingerprint density at radius 2 is 1.81 bits per heavy atom. The van der Waals surface area contributed by atoms with E-state index in [2.05, 4.69) is 4.98 Å². The predicted octanol–water partition coefficient (Wildman–Crippen LogP) is 3.51. The molecule has 0 aliphatic rings. The number of pyridine rings is 1. The van der Waals surface area contributed by atoms with Gasteiger partial charge in [-0.25, -0.2) is 4.79 Å². The molecule has 0 atom stereocenters. The largest absolute Gasteiger partial charge is 0.493 e. The van der Waals surface area contributed by atoms with Crippen LogP contribution in [-0.2, 0) is 0 Å². The minimum Gasteiger partial charge on any atom is -0.493 e. The third-order valence-electron chi connectivity index (χ3n) is 3.05. The Morgan fingerprint density at radius 3 is 2.43 bits per heavy atom. The van der Waals surface area contributed by atoms with Crippen LogP contribution in [0, 0.1) is 20.8 Å². The van der Waals surface area contributed by atoms with Crippen LogP contribution < -0.4 is 9.47 Å². The van der Waals surface area contributed by atoms with E-state index in [1.54, 1.807) is 33.1 Å². The van der Waals surface area contributed by atoms with Crippen molar-refractivity contribution in [1.29, 1.82) is 0 Å². The van der Waals surface area contributed by atoms with Crippen molar-refractivity contribution in [3.63, 3.8) is 0 Å². The molecule has 0 fully saturated rings. The van der Waals surface area contributed by atoms with Crippen LogP contribution in [0.4, 0.5) is 0 Å². The van der Waals surface area contributed by atoms with Gasteiger partial charge in [0.1, 0.15) is 11.3 Å². The Labute approximate surface area is 123 Å². The van der Waals surface area contributed by atoms with Gasteiger partial charge in [0, 0.05) is 11.8 Å². The van der Waals surface area contributed by atoms with Gasteiger partial charge in [0.25, 0.3) is 0 Å². The number of rotatable bonds is 4. The van der Waals surface area contributed by atoms with Crippen LogP contribution in [0.25, 0.3) is 0 Å². The number of carbonyl (C=O) groups is 1. The predicted molar refractivity (Wildman–Crippen MR) is 78.5 cm³/mol. The molecule has 110 valence electrons. The molecule has 0 spiro atoms. The fourth-order valence-corrected chi connectivity index (χ4v) is 2.11. The molecular formula is C16H17NO4. The molecule has 1 heterocycles. The first-order valence-electron chi connectivity index (χ1n) is 6.46. The minimum atomic E-state index is -1.07. The zero-order valence-corrected chi connectivity index (χ0v) is 12.4. The van der Waals surface area contributed by atoms with Crippen molar-refractivity contribution in [2.45, 2.75) is 20.8 Å². The zero-order chi connectivity index (χ0) is 15.6. The van der Waals surface area contributed by atoms with E-state index in [0.717, 1.165) is 5.56 Å². The van der Waals surface area contributed by atoms with Crippen LogP contribution in [0.2, 0.25) is 0 Å². The van der Waals surface area contributed by atoms with Gasteiger partial charge in [0.15, 0.2) is 11.5 Å². The highest BCUT2D eigenvalue weighted by atomic mass is 16.5. The number of hydrogen-bond acceptors (Lipinski definition) is 4. The topological polar surface area (TPSA) is 68.7 Å². The molecule has 0 radical (unpaired) electrons.